The maximum absolute atomic E-state index is 13.1. The second-order valence-corrected chi connectivity index (χ2v) is 9.63. The lowest BCUT2D eigenvalue weighted by Gasteiger charge is -2.25. The van der Waals surface area contributed by atoms with Crippen LogP contribution in [0.4, 0.5) is 0 Å². The van der Waals surface area contributed by atoms with Crippen molar-refractivity contribution in [1.82, 2.24) is 20.1 Å². The summed E-state index contributed by atoms with van der Waals surface area (Å²) < 4.78 is 2.32. The van der Waals surface area contributed by atoms with Crippen molar-refractivity contribution in [3.63, 3.8) is 0 Å². The number of carbonyl (C=O) groups excluding carboxylic acids is 1. The summed E-state index contributed by atoms with van der Waals surface area (Å²) in [6.45, 7) is 6.73. The van der Waals surface area contributed by atoms with Gasteiger partial charge in [0.05, 0.1) is 12.6 Å². The molecule has 3 rings (SSSR count). The fourth-order valence-corrected chi connectivity index (χ4v) is 4.53. The van der Waals surface area contributed by atoms with Gasteiger partial charge in [-0.15, -0.1) is 10.2 Å². The summed E-state index contributed by atoms with van der Waals surface area (Å²) >= 11 is 6.30. The van der Waals surface area contributed by atoms with E-state index in [1.165, 1.54) is 0 Å². The lowest BCUT2D eigenvalue weighted by atomic mass is 9.95. The van der Waals surface area contributed by atoms with Crippen LogP contribution in [0.3, 0.4) is 0 Å². The molecule has 1 saturated carbocycles. The van der Waals surface area contributed by atoms with E-state index in [0.717, 1.165) is 55.7 Å². The number of rotatable bonds is 12. The molecule has 1 fully saturated rings. The molecule has 0 aliphatic heterocycles. The molecule has 0 spiro atoms. The summed E-state index contributed by atoms with van der Waals surface area (Å²) in [5.74, 6) is 2.61. The van der Waals surface area contributed by atoms with Crippen molar-refractivity contribution in [2.75, 3.05) is 6.54 Å². The van der Waals surface area contributed by atoms with E-state index in [-0.39, 0.29) is 24.4 Å². The van der Waals surface area contributed by atoms with Crippen molar-refractivity contribution < 1.29 is 4.79 Å². The molecule has 9 heteroatoms. The van der Waals surface area contributed by atoms with Gasteiger partial charge in [0.15, 0.2) is 0 Å². The first-order valence-electron chi connectivity index (χ1n) is 11.7. The van der Waals surface area contributed by atoms with E-state index in [0.29, 0.717) is 29.8 Å². The molecule has 1 aromatic rings. The van der Waals surface area contributed by atoms with Crippen LogP contribution < -0.4 is 5.32 Å². The number of carbonyl (C=O) groups is 1. The van der Waals surface area contributed by atoms with Gasteiger partial charge in [0.25, 0.3) is 0 Å². The highest BCUT2D eigenvalue weighted by molar-refractivity contribution is 6.31. The average Bonchev–Trinajstić information content (AvgIpc) is 3.50. The standard InChI is InChI=1S/C23H34ClN7O/c1-4-6-16(23-29-28-21(12-9-15(2)3)31(23)17-10-11-17)13-22(32)27-20-8-5-7-19(24)18(20)14-26-30-25/h5,7,15-17,20H,4,6,8-14H2,1-3H3,(H,27,32). The zero-order chi connectivity index (χ0) is 23.1. The van der Waals surface area contributed by atoms with E-state index in [9.17, 15) is 4.79 Å². The van der Waals surface area contributed by atoms with Gasteiger partial charge in [0.1, 0.15) is 11.6 Å². The fourth-order valence-electron chi connectivity index (χ4n) is 4.25. The van der Waals surface area contributed by atoms with Crippen LogP contribution >= 0.6 is 11.6 Å². The normalized spacial score (nSPS) is 19.2. The zero-order valence-electron chi connectivity index (χ0n) is 19.3. The Kier molecular flexibility index (Phi) is 8.76. The van der Waals surface area contributed by atoms with Crippen molar-refractivity contribution in [3.8, 4) is 0 Å². The van der Waals surface area contributed by atoms with E-state index in [1.807, 2.05) is 6.08 Å². The van der Waals surface area contributed by atoms with Crippen LogP contribution in [0.5, 0.6) is 0 Å². The molecule has 1 amide bonds. The highest BCUT2D eigenvalue weighted by Gasteiger charge is 2.33. The minimum atomic E-state index is -0.254. The van der Waals surface area contributed by atoms with Gasteiger partial charge < -0.3 is 9.88 Å². The van der Waals surface area contributed by atoms with Crippen LogP contribution in [0, 0.1) is 5.92 Å². The number of azide groups is 1. The molecule has 2 unspecified atom stereocenters. The number of nitrogens with zero attached hydrogens (tertiary/aromatic N) is 6. The van der Waals surface area contributed by atoms with Crippen molar-refractivity contribution in [1.29, 1.82) is 0 Å². The fraction of sp³-hybridized carbons (Fsp3) is 0.696. The van der Waals surface area contributed by atoms with E-state index in [1.54, 1.807) is 6.08 Å². The Balaban J connectivity index is 1.73. The molecule has 174 valence electrons. The molecule has 1 aromatic heterocycles. The lowest BCUT2D eigenvalue weighted by molar-refractivity contribution is -0.122. The number of aryl methyl sites for hydroxylation is 1. The predicted octanol–water partition coefficient (Wildman–Crippen LogP) is 5.72. The van der Waals surface area contributed by atoms with Crippen LogP contribution in [0.15, 0.2) is 27.9 Å². The third-order valence-corrected chi connectivity index (χ3v) is 6.46. The van der Waals surface area contributed by atoms with Gasteiger partial charge in [-0.05, 0) is 55.2 Å². The molecule has 0 aromatic carbocycles. The second-order valence-electron chi connectivity index (χ2n) is 9.22. The molecule has 0 saturated heterocycles. The topological polar surface area (TPSA) is 109 Å². The lowest BCUT2D eigenvalue weighted by Crippen LogP contribution is -2.38. The minimum Gasteiger partial charge on any atom is -0.349 e. The van der Waals surface area contributed by atoms with Gasteiger partial charge in [-0.25, -0.2) is 0 Å². The second kappa shape index (κ2) is 11.5. The molecule has 8 nitrogen and oxygen atoms in total. The number of allylic oxidation sites excluding steroid dienone is 2. The first-order valence-corrected chi connectivity index (χ1v) is 12.1. The monoisotopic (exact) mass is 459 g/mol. The zero-order valence-corrected chi connectivity index (χ0v) is 20.1. The summed E-state index contributed by atoms with van der Waals surface area (Å²) in [4.78, 5) is 15.9. The molecular formula is C23H34ClN7O. The molecule has 32 heavy (non-hydrogen) atoms. The molecule has 2 aliphatic carbocycles. The van der Waals surface area contributed by atoms with Gasteiger partial charge in [0, 0.05) is 34.7 Å². The first-order chi connectivity index (χ1) is 15.4. The number of amides is 1. The highest BCUT2D eigenvalue weighted by Crippen LogP contribution is 2.39. The maximum Gasteiger partial charge on any atom is 0.221 e. The molecule has 0 bridgehead atoms. The largest absolute Gasteiger partial charge is 0.349 e. The number of hydrogen-bond acceptors (Lipinski definition) is 4. The molecule has 0 radical (unpaired) electrons. The average molecular weight is 460 g/mol. The van der Waals surface area contributed by atoms with Crippen LogP contribution in [0.1, 0.15) is 89.3 Å². The Morgan fingerprint density at radius 1 is 1.38 bits per heavy atom. The van der Waals surface area contributed by atoms with Crippen LogP contribution in [-0.2, 0) is 11.2 Å². The number of halogens is 1. The van der Waals surface area contributed by atoms with E-state index < -0.39 is 0 Å². The quantitative estimate of drug-likeness (QED) is 0.245. The van der Waals surface area contributed by atoms with Crippen LogP contribution in [-0.4, -0.2) is 33.3 Å². The summed E-state index contributed by atoms with van der Waals surface area (Å²) in [7, 11) is 0. The summed E-state index contributed by atoms with van der Waals surface area (Å²) in [6.07, 6.45) is 10.9. The first kappa shape index (κ1) is 24.3. The third kappa shape index (κ3) is 6.36. The Bertz CT molecular complexity index is 909. The van der Waals surface area contributed by atoms with Crippen molar-refractivity contribution in [2.45, 2.75) is 90.1 Å². The number of hydrogen-bond donors (Lipinski definition) is 1. The summed E-state index contributed by atoms with van der Waals surface area (Å²) in [5, 5.41) is 16.4. The Hall–Kier alpha value is -2.31. The summed E-state index contributed by atoms with van der Waals surface area (Å²) in [5.41, 5.74) is 9.43. The van der Waals surface area contributed by atoms with Crippen molar-refractivity contribution >= 4 is 17.5 Å². The van der Waals surface area contributed by atoms with Gasteiger partial charge in [-0.1, -0.05) is 50.0 Å². The number of aromatic nitrogens is 3. The van der Waals surface area contributed by atoms with Crippen LogP contribution in [0.2, 0.25) is 0 Å². The SMILES string of the molecule is CCCC(CC(=O)NC1CC=CC(Cl)=C1CN=[N+]=[N-])c1nnc(CCC(C)C)n1C1CC1. The van der Waals surface area contributed by atoms with E-state index >= 15 is 0 Å². The highest BCUT2D eigenvalue weighted by atomic mass is 35.5. The van der Waals surface area contributed by atoms with Crippen molar-refractivity contribution in [3.05, 3.63) is 44.8 Å². The van der Waals surface area contributed by atoms with E-state index in [2.05, 4.69) is 50.9 Å². The molecule has 2 aliphatic rings. The minimum absolute atomic E-state index is 0.0278. The number of nitrogens with one attached hydrogen (secondary N) is 1. The Morgan fingerprint density at radius 2 is 2.16 bits per heavy atom. The maximum atomic E-state index is 13.1. The van der Waals surface area contributed by atoms with Crippen molar-refractivity contribution in [2.24, 2.45) is 11.0 Å². The Morgan fingerprint density at radius 3 is 2.81 bits per heavy atom. The predicted molar refractivity (Wildman–Crippen MR) is 126 cm³/mol. The summed E-state index contributed by atoms with van der Waals surface area (Å²) in [6, 6.07) is 0.223. The van der Waals surface area contributed by atoms with E-state index in [4.69, 9.17) is 17.1 Å². The molecule has 1 heterocycles. The molecular weight excluding hydrogens is 426 g/mol. The Labute approximate surface area is 195 Å². The van der Waals surface area contributed by atoms with Gasteiger partial charge in [0.2, 0.25) is 5.91 Å². The van der Waals surface area contributed by atoms with Gasteiger partial charge in [-0.2, -0.15) is 0 Å². The van der Waals surface area contributed by atoms with Gasteiger partial charge >= 0.3 is 0 Å². The van der Waals surface area contributed by atoms with Gasteiger partial charge in [-0.3, -0.25) is 4.79 Å². The molecule has 1 N–H and O–H groups in total. The molecule has 2 atom stereocenters. The van der Waals surface area contributed by atoms with Crippen LogP contribution in [0.25, 0.3) is 10.4 Å². The smallest absolute Gasteiger partial charge is 0.221 e. The third-order valence-electron chi connectivity index (χ3n) is 6.09.